The highest BCUT2D eigenvalue weighted by molar-refractivity contribution is 6.32. The molecule has 0 unspecified atom stereocenters. The second kappa shape index (κ2) is 7.05. The summed E-state index contributed by atoms with van der Waals surface area (Å²) in [5, 5.41) is 34.7. The van der Waals surface area contributed by atoms with Crippen LogP contribution in [0.5, 0.6) is 0 Å². The molecule has 0 fully saturated rings. The first-order chi connectivity index (χ1) is 14.3. The van der Waals surface area contributed by atoms with Crippen molar-refractivity contribution >= 4 is 40.3 Å². The summed E-state index contributed by atoms with van der Waals surface area (Å²) in [7, 11) is 0. The molecule has 1 aliphatic carbocycles. The molecule has 30 heavy (non-hydrogen) atoms. The molecular formula is C20H10ClN3O6. The van der Waals surface area contributed by atoms with E-state index in [-0.39, 0.29) is 16.8 Å². The maximum atomic E-state index is 11.7. The molecular weight excluding hydrogens is 414 g/mol. The van der Waals surface area contributed by atoms with Crippen LogP contribution in [-0.2, 0) is 0 Å². The molecule has 10 heteroatoms. The van der Waals surface area contributed by atoms with Crippen molar-refractivity contribution in [1.29, 1.82) is 0 Å². The number of nitro groups is 3. The van der Waals surface area contributed by atoms with Gasteiger partial charge in [0.15, 0.2) is 0 Å². The number of nitrogens with zero attached hydrogens (tertiary/aromatic N) is 3. The standard InChI is InChI=1S/C20H10ClN3O6/c21-18-4-2-1-3-11(18)7-15-16-8-12(22(25)26)5-6-14(16)20-17(15)9-13(23(27)28)10-19(20)24(29)30/h1-10H/b15-7-. The third kappa shape index (κ3) is 3.07. The summed E-state index contributed by atoms with van der Waals surface area (Å²) < 4.78 is 0. The lowest BCUT2D eigenvalue weighted by Gasteiger charge is -2.05. The van der Waals surface area contributed by atoms with Gasteiger partial charge in [0.2, 0.25) is 0 Å². The quantitative estimate of drug-likeness (QED) is 0.308. The van der Waals surface area contributed by atoms with Gasteiger partial charge in [0.1, 0.15) is 0 Å². The molecule has 0 heterocycles. The van der Waals surface area contributed by atoms with Crippen LogP contribution in [0, 0.1) is 30.3 Å². The SMILES string of the molecule is O=[N+]([O-])c1ccc2c(c1)/C(=C/c1ccccc1Cl)c1cc([N+](=O)[O-])cc([N+](=O)[O-])c1-2. The predicted molar refractivity (Wildman–Crippen MR) is 110 cm³/mol. The van der Waals surface area contributed by atoms with E-state index < -0.39 is 26.1 Å². The molecule has 0 N–H and O–H groups in total. The highest BCUT2D eigenvalue weighted by Crippen LogP contribution is 2.51. The van der Waals surface area contributed by atoms with Gasteiger partial charge < -0.3 is 0 Å². The van der Waals surface area contributed by atoms with Crippen LogP contribution in [0.1, 0.15) is 16.7 Å². The summed E-state index contributed by atoms with van der Waals surface area (Å²) in [5.74, 6) is 0. The fourth-order valence-electron chi connectivity index (χ4n) is 3.49. The molecule has 0 aromatic heterocycles. The summed E-state index contributed by atoms with van der Waals surface area (Å²) in [4.78, 5) is 32.3. The molecule has 1 aliphatic rings. The molecule has 0 atom stereocenters. The number of non-ortho nitro benzene ring substituents is 2. The van der Waals surface area contributed by atoms with Gasteiger partial charge in [-0.05, 0) is 40.5 Å². The summed E-state index contributed by atoms with van der Waals surface area (Å²) in [6.45, 7) is 0. The largest absolute Gasteiger partial charge is 0.284 e. The van der Waals surface area contributed by atoms with Crippen LogP contribution in [0.4, 0.5) is 17.1 Å². The number of benzene rings is 3. The van der Waals surface area contributed by atoms with Gasteiger partial charge in [0, 0.05) is 28.8 Å². The van der Waals surface area contributed by atoms with E-state index in [1.54, 1.807) is 30.3 Å². The van der Waals surface area contributed by atoms with Crippen molar-refractivity contribution in [2.24, 2.45) is 0 Å². The molecule has 0 spiro atoms. The van der Waals surface area contributed by atoms with Crippen LogP contribution in [0.2, 0.25) is 5.02 Å². The summed E-state index contributed by atoms with van der Waals surface area (Å²) in [6, 6.07) is 12.9. The molecule has 0 saturated carbocycles. The van der Waals surface area contributed by atoms with Crippen molar-refractivity contribution < 1.29 is 14.8 Å². The van der Waals surface area contributed by atoms with Crippen LogP contribution >= 0.6 is 11.6 Å². The van der Waals surface area contributed by atoms with Crippen molar-refractivity contribution in [1.82, 2.24) is 0 Å². The first-order valence-corrected chi connectivity index (χ1v) is 8.88. The molecule has 3 aromatic rings. The Morgan fingerprint density at radius 1 is 0.733 bits per heavy atom. The van der Waals surface area contributed by atoms with Gasteiger partial charge in [0.05, 0.1) is 26.4 Å². The predicted octanol–water partition coefficient (Wildman–Crippen LogP) is 5.63. The van der Waals surface area contributed by atoms with E-state index >= 15 is 0 Å². The number of hydrogen-bond acceptors (Lipinski definition) is 6. The van der Waals surface area contributed by atoms with Crippen LogP contribution in [0.15, 0.2) is 54.6 Å². The lowest BCUT2D eigenvalue weighted by atomic mass is 10.00. The first kappa shape index (κ1) is 19.2. The fraction of sp³-hybridized carbons (Fsp3) is 0. The van der Waals surface area contributed by atoms with Gasteiger partial charge in [-0.2, -0.15) is 0 Å². The van der Waals surface area contributed by atoms with E-state index in [1.807, 2.05) is 0 Å². The third-order valence-corrected chi connectivity index (χ3v) is 5.12. The average molecular weight is 424 g/mol. The number of rotatable bonds is 4. The number of hydrogen-bond donors (Lipinski definition) is 0. The number of halogens is 1. The minimum absolute atomic E-state index is 0.175. The molecule has 0 bridgehead atoms. The van der Waals surface area contributed by atoms with E-state index in [0.29, 0.717) is 27.3 Å². The second-order valence-corrected chi connectivity index (χ2v) is 6.88. The summed E-state index contributed by atoms with van der Waals surface area (Å²) in [6.07, 6.45) is 1.62. The van der Waals surface area contributed by atoms with Gasteiger partial charge in [-0.3, -0.25) is 30.3 Å². The third-order valence-electron chi connectivity index (χ3n) is 4.78. The van der Waals surface area contributed by atoms with E-state index in [0.717, 1.165) is 6.07 Å². The maximum Gasteiger partial charge on any atom is 0.284 e. The Morgan fingerprint density at radius 2 is 1.40 bits per heavy atom. The van der Waals surface area contributed by atoms with Crippen LogP contribution in [0.25, 0.3) is 22.8 Å². The zero-order chi connectivity index (χ0) is 21.6. The number of fused-ring (bicyclic) bond motifs is 3. The van der Waals surface area contributed by atoms with Crippen LogP contribution in [-0.4, -0.2) is 14.8 Å². The Hall–Kier alpha value is -4.11. The van der Waals surface area contributed by atoms with E-state index in [2.05, 4.69) is 0 Å². The lowest BCUT2D eigenvalue weighted by Crippen LogP contribution is -1.96. The topological polar surface area (TPSA) is 129 Å². The van der Waals surface area contributed by atoms with Crippen molar-refractivity contribution in [2.45, 2.75) is 0 Å². The molecule has 0 amide bonds. The minimum atomic E-state index is -0.716. The van der Waals surface area contributed by atoms with Gasteiger partial charge in [-0.15, -0.1) is 0 Å². The fourth-order valence-corrected chi connectivity index (χ4v) is 3.68. The molecule has 148 valence electrons. The Morgan fingerprint density at radius 3 is 2.03 bits per heavy atom. The zero-order valence-corrected chi connectivity index (χ0v) is 15.7. The van der Waals surface area contributed by atoms with Crippen molar-refractivity contribution in [3.8, 4) is 11.1 Å². The average Bonchev–Trinajstić information content (AvgIpc) is 3.01. The molecule has 9 nitrogen and oxygen atoms in total. The second-order valence-electron chi connectivity index (χ2n) is 6.47. The Bertz CT molecular complexity index is 1300. The Labute approximate surface area is 173 Å². The molecule has 3 aromatic carbocycles. The van der Waals surface area contributed by atoms with E-state index in [4.69, 9.17) is 11.6 Å². The smallest absolute Gasteiger partial charge is 0.258 e. The molecule has 4 rings (SSSR count). The Kier molecular flexibility index (Phi) is 4.52. The van der Waals surface area contributed by atoms with Crippen molar-refractivity contribution in [2.75, 3.05) is 0 Å². The summed E-state index contributed by atoms with van der Waals surface area (Å²) in [5.41, 5.74) is 1.00. The van der Waals surface area contributed by atoms with Crippen molar-refractivity contribution in [3.63, 3.8) is 0 Å². The highest BCUT2D eigenvalue weighted by atomic mass is 35.5. The summed E-state index contributed by atoms with van der Waals surface area (Å²) >= 11 is 6.23. The lowest BCUT2D eigenvalue weighted by molar-refractivity contribution is -0.393. The van der Waals surface area contributed by atoms with E-state index in [1.165, 1.54) is 24.3 Å². The van der Waals surface area contributed by atoms with Gasteiger partial charge in [-0.25, -0.2) is 0 Å². The minimum Gasteiger partial charge on any atom is -0.258 e. The van der Waals surface area contributed by atoms with Crippen LogP contribution < -0.4 is 0 Å². The highest BCUT2D eigenvalue weighted by Gasteiger charge is 2.34. The van der Waals surface area contributed by atoms with Gasteiger partial charge in [-0.1, -0.05) is 29.8 Å². The monoisotopic (exact) mass is 423 g/mol. The molecule has 0 saturated heterocycles. The zero-order valence-electron chi connectivity index (χ0n) is 14.9. The van der Waals surface area contributed by atoms with Crippen LogP contribution in [0.3, 0.4) is 0 Å². The molecule has 0 radical (unpaired) electrons. The first-order valence-electron chi connectivity index (χ1n) is 8.50. The normalized spacial score (nSPS) is 13.0. The van der Waals surface area contributed by atoms with E-state index in [9.17, 15) is 30.3 Å². The van der Waals surface area contributed by atoms with Gasteiger partial charge >= 0.3 is 0 Å². The van der Waals surface area contributed by atoms with Crippen molar-refractivity contribution in [3.05, 3.63) is 107 Å². The Balaban J connectivity index is 2.11. The number of nitro benzene ring substituents is 3. The molecule has 0 aliphatic heterocycles. The van der Waals surface area contributed by atoms with Gasteiger partial charge in [0.25, 0.3) is 17.1 Å². The maximum absolute atomic E-state index is 11.7.